The Morgan fingerprint density at radius 3 is 2.52 bits per heavy atom. The average Bonchev–Trinajstić information content (AvgIpc) is 2.64. The molecule has 0 aliphatic carbocycles. The molecule has 1 saturated heterocycles. The lowest BCUT2D eigenvalue weighted by atomic mass is 10.1. The van der Waals surface area contributed by atoms with Crippen LogP contribution in [-0.2, 0) is 6.54 Å². The first kappa shape index (κ1) is 18.1. The first-order valence-electron chi connectivity index (χ1n) is 8.16. The van der Waals surface area contributed by atoms with E-state index in [1.165, 1.54) is 0 Å². The third-order valence-electron chi connectivity index (χ3n) is 4.39. The molecule has 0 atom stereocenters. The van der Waals surface area contributed by atoms with Gasteiger partial charge in [-0.1, -0.05) is 35.3 Å². The van der Waals surface area contributed by atoms with E-state index in [0.29, 0.717) is 34.4 Å². The maximum absolute atomic E-state index is 12.6. The van der Waals surface area contributed by atoms with Crippen molar-refractivity contribution >= 4 is 29.1 Å². The second-order valence-corrected chi connectivity index (χ2v) is 6.88. The van der Waals surface area contributed by atoms with Gasteiger partial charge in [0, 0.05) is 48.3 Å². The molecule has 2 aromatic rings. The van der Waals surface area contributed by atoms with E-state index < -0.39 is 0 Å². The standard InChI is InChI=1S/C19H20Cl2N2O2/c1-25-17-4-2-3-14(11-17)19(24)23-9-7-22(8-10-23)13-15-5-6-16(20)12-18(15)21/h2-6,11-12H,7-10,13H2,1H3. The second kappa shape index (κ2) is 8.09. The van der Waals surface area contributed by atoms with E-state index in [9.17, 15) is 4.79 Å². The molecule has 0 spiro atoms. The van der Waals surface area contributed by atoms with Gasteiger partial charge >= 0.3 is 0 Å². The number of halogens is 2. The highest BCUT2D eigenvalue weighted by Gasteiger charge is 2.22. The van der Waals surface area contributed by atoms with Crippen LogP contribution >= 0.6 is 23.2 Å². The van der Waals surface area contributed by atoms with Crippen molar-refractivity contribution in [3.8, 4) is 5.75 Å². The maximum Gasteiger partial charge on any atom is 0.254 e. The molecule has 2 aromatic carbocycles. The molecule has 0 N–H and O–H groups in total. The third kappa shape index (κ3) is 4.46. The van der Waals surface area contributed by atoms with Crippen LogP contribution < -0.4 is 4.74 Å². The smallest absolute Gasteiger partial charge is 0.254 e. The highest BCUT2D eigenvalue weighted by molar-refractivity contribution is 6.35. The minimum Gasteiger partial charge on any atom is -0.497 e. The molecule has 6 heteroatoms. The Morgan fingerprint density at radius 1 is 1.08 bits per heavy atom. The molecule has 1 aliphatic rings. The van der Waals surface area contributed by atoms with Crippen LogP contribution in [0.4, 0.5) is 0 Å². The van der Waals surface area contributed by atoms with E-state index in [0.717, 1.165) is 25.2 Å². The summed E-state index contributed by atoms with van der Waals surface area (Å²) in [6.45, 7) is 3.78. The normalized spacial score (nSPS) is 15.2. The summed E-state index contributed by atoms with van der Waals surface area (Å²) in [5, 5.41) is 1.32. The van der Waals surface area contributed by atoms with Gasteiger partial charge in [-0.15, -0.1) is 0 Å². The van der Waals surface area contributed by atoms with Crippen molar-refractivity contribution in [2.75, 3.05) is 33.3 Å². The molecule has 0 bridgehead atoms. The SMILES string of the molecule is COc1cccc(C(=O)N2CCN(Cc3ccc(Cl)cc3Cl)CC2)c1. The van der Waals surface area contributed by atoms with Crippen LogP contribution in [0.25, 0.3) is 0 Å². The Labute approximate surface area is 157 Å². The summed E-state index contributed by atoms with van der Waals surface area (Å²) in [6, 6.07) is 12.9. The van der Waals surface area contributed by atoms with Gasteiger partial charge in [0.15, 0.2) is 0 Å². The van der Waals surface area contributed by atoms with Crippen molar-refractivity contribution in [2.45, 2.75) is 6.54 Å². The largest absolute Gasteiger partial charge is 0.497 e. The van der Waals surface area contributed by atoms with Gasteiger partial charge in [-0.25, -0.2) is 0 Å². The summed E-state index contributed by atoms with van der Waals surface area (Å²) in [5.74, 6) is 0.741. The molecule has 1 amide bonds. The van der Waals surface area contributed by atoms with Crippen LogP contribution in [0.15, 0.2) is 42.5 Å². The Bertz CT molecular complexity index is 759. The molecule has 0 radical (unpaired) electrons. The zero-order chi connectivity index (χ0) is 17.8. The van der Waals surface area contributed by atoms with Crippen LogP contribution in [0.3, 0.4) is 0 Å². The molecule has 1 fully saturated rings. The molecule has 0 saturated carbocycles. The number of benzene rings is 2. The first-order chi connectivity index (χ1) is 12.1. The maximum atomic E-state index is 12.6. The number of methoxy groups -OCH3 is 1. The Kier molecular flexibility index (Phi) is 5.84. The predicted octanol–water partition coefficient (Wildman–Crippen LogP) is 3.96. The van der Waals surface area contributed by atoms with Crippen LogP contribution in [-0.4, -0.2) is 49.0 Å². The molecule has 0 aromatic heterocycles. The quantitative estimate of drug-likeness (QED) is 0.806. The first-order valence-corrected chi connectivity index (χ1v) is 8.92. The number of hydrogen-bond donors (Lipinski definition) is 0. The summed E-state index contributed by atoms with van der Waals surface area (Å²) in [5.41, 5.74) is 1.71. The molecule has 0 unspecified atom stereocenters. The van der Waals surface area contributed by atoms with Crippen LogP contribution in [0, 0.1) is 0 Å². The number of piperazine rings is 1. The fraction of sp³-hybridized carbons (Fsp3) is 0.316. The van der Waals surface area contributed by atoms with Gasteiger partial charge in [-0.2, -0.15) is 0 Å². The molecular weight excluding hydrogens is 359 g/mol. The number of nitrogens with zero attached hydrogens (tertiary/aromatic N) is 2. The van der Waals surface area contributed by atoms with Crippen molar-refractivity contribution in [1.82, 2.24) is 9.80 Å². The number of ether oxygens (including phenoxy) is 1. The number of amides is 1. The van der Waals surface area contributed by atoms with Crippen molar-refractivity contribution < 1.29 is 9.53 Å². The van der Waals surface area contributed by atoms with Gasteiger partial charge in [0.05, 0.1) is 7.11 Å². The van der Waals surface area contributed by atoms with Crippen molar-refractivity contribution in [1.29, 1.82) is 0 Å². The molecule has 25 heavy (non-hydrogen) atoms. The molecule has 3 rings (SSSR count). The van der Waals surface area contributed by atoms with Crippen LogP contribution in [0.2, 0.25) is 10.0 Å². The monoisotopic (exact) mass is 378 g/mol. The lowest BCUT2D eigenvalue weighted by Crippen LogP contribution is -2.48. The van der Waals surface area contributed by atoms with Crippen molar-refractivity contribution in [3.63, 3.8) is 0 Å². The van der Waals surface area contributed by atoms with E-state index in [1.807, 2.05) is 35.2 Å². The van der Waals surface area contributed by atoms with Crippen LogP contribution in [0.1, 0.15) is 15.9 Å². The molecule has 1 heterocycles. The highest BCUT2D eigenvalue weighted by atomic mass is 35.5. The summed E-state index contributed by atoms with van der Waals surface area (Å²) < 4.78 is 5.19. The molecule has 132 valence electrons. The summed E-state index contributed by atoms with van der Waals surface area (Å²) in [7, 11) is 1.60. The van der Waals surface area contributed by atoms with E-state index in [1.54, 1.807) is 19.2 Å². The third-order valence-corrected chi connectivity index (χ3v) is 4.97. The van der Waals surface area contributed by atoms with Crippen molar-refractivity contribution in [2.24, 2.45) is 0 Å². The molecular formula is C19H20Cl2N2O2. The number of carbonyl (C=O) groups excluding carboxylic acids is 1. The average molecular weight is 379 g/mol. The topological polar surface area (TPSA) is 32.8 Å². The van der Waals surface area contributed by atoms with E-state index in [4.69, 9.17) is 27.9 Å². The lowest BCUT2D eigenvalue weighted by molar-refractivity contribution is 0.0628. The summed E-state index contributed by atoms with van der Waals surface area (Å²) >= 11 is 12.2. The second-order valence-electron chi connectivity index (χ2n) is 6.04. The van der Waals surface area contributed by atoms with Crippen molar-refractivity contribution in [3.05, 3.63) is 63.6 Å². The Hall–Kier alpha value is -1.75. The van der Waals surface area contributed by atoms with Gasteiger partial charge in [0.25, 0.3) is 5.91 Å². The van der Waals surface area contributed by atoms with E-state index >= 15 is 0 Å². The van der Waals surface area contributed by atoms with Gasteiger partial charge < -0.3 is 9.64 Å². The zero-order valence-electron chi connectivity index (χ0n) is 14.0. The Balaban J connectivity index is 1.58. The number of hydrogen-bond acceptors (Lipinski definition) is 3. The van der Waals surface area contributed by atoms with Crippen LogP contribution in [0.5, 0.6) is 5.75 Å². The van der Waals surface area contributed by atoms with Gasteiger partial charge in [0.1, 0.15) is 5.75 Å². The minimum absolute atomic E-state index is 0.0445. The fourth-order valence-electron chi connectivity index (χ4n) is 2.94. The fourth-order valence-corrected chi connectivity index (χ4v) is 3.41. The summed E-state index contributed by atoms with van der Waals surface area (Å²) in [6.07, 6.45) is 0. The van der Waals surface area contributed by atoms with E-state index in [2.05, 4.69) is 4.90 Å². The zero-order valence-corrected chi connectivity index (χ0v) is 15.6. The lowest BCUT2D eigenvalue weighted by Gasteiger charge is -2.35. The highest BCUT2D eigenvalue weighted by Crippen LogP contribution is 2.23. The van der Waals surface area contributed by atoms with Gasteiger partial charge in [0.2, 0.25) is 0 Å². The van der Waals surface area contributed by atoms with Gasteiger partial charge in [-0.05, 0) is 35.9 Å². The minimum atomic E-state index is 0.0445. The summed E-state index contributed by atoms with van der Waals surface area (Å²) in [4.78, 5) is 16.8. The van der Waals surface area contributed by atoms with Gasteiger partial charge in [-0.3, -0.25) is 9.69 Å². The Morgan fingerprint density at radius 2 is 1.84 bits per heavy atom. The number of rotatable bonds is 4. The van der Waals surface area contributed by atoms with E-state index in [-0.39, 0.29) is 5.91 Å². The number of carbonyl (C=O) groups is 1. The molecule has 4 nitrogen and oxygen atoms in total. The molecule has 1 aliphatic heterocycles. The predicted molar refractivity (Wildman–Crippen MR) is 101 cm³/mol.